The van der Waals surface area contributed by atoms with E-state index in [1.807, 2.05) is 24.3 Å². The van der Waals surface area contributed by atoms with Crippen LogP contribution in [0.2, 0.25) is 0 Å². The first kappa shape index (κ1) is 33.4. The second-order valence-corrected chi connectivity index (χ2v) is 11.1. The summed E-state index contributed by atoms with van der Waals surface area (Å²) in [5.41, 5.74) is 1.68. The van der Waals surface area contributed by atoms with Crippen molar-refractivity contribution in [2.75, 3.05) is 36.4 Å². The summed E-state index contributed by atoms with van der Waals surface area (Å²) in [5.74, 6) is -1.17. The lowest BCUT2D eigenvalue weighted by Gasteiger charge is -2.25. The van der Waals surface area contributed by atoms with Crippen molar-refractivity contribution in [2.45, 2.75) is 58.6 Å². The number of Topliss-reactive ketones (excluding diaryl/α,β-unsaturated/α-hetero) is 1. The number of carbonyl (C=O) groups is 3. The average Bonchev–Trinajstić information content (AvgIpc) is 2.88. The number of alkyl halides is 2. The van der Waals surface area contributed by atoms with Gasteiger partial charge in [-0.05, 0) is 75.9 Å². The first-order valence-electron chi connectivity index (χ1n) is 13.3. The third-order valence-corrected chi connectivity index (χ3v) is 6.33. The number of amides is 1. The predicted molar refractivity (Wildman–Crippen MR) is 157 cm³/mol. The molecule has 0 bridgehead atoms. The van der Waals surface area contributed by atoms with E-state index in [2.05, 4.69) is 10.2 Å². The quantitative estimate of drug-likeness (QED) is 0.203. The van der Waals surface area contributed by atoms with Gasteiger partial charge in [0.05, 0.1) is 18.6 Å². The van der Waals surface area contributed by atoms with Crippen molar-refractivity contribution in [3.63, 3.8) is 0 Å². The summed E-state index contributed by atoms with van der Waals surface area (Å²) in [7, 11) is 0. The van der Waals surface area contributed by atoms with Gasteiger partial charge in [-0.3, -0.25) is 9.59 Å². The molecule has 0 aliphatic rings. The van der Waals surface area contributed by atoms with E-state index in [0.29, 0.717) is 30.4 Å². The normalized spacial score (nSPS) is 12.8. The van der Waals surface area contributed by atoms with Gasteiger partial charge in [0.2, 0.25) is 0 Å². The lowest BCUT2D eigenvalue weighted by Crippen LogP contribution is -2.45. The number of rotatable bonds is 15. The first-order chi connectivity index (χ1) is 18.9. The molecule has 2 rings (SSSR count). The van der Waals surface area contributed by atoms with Gasteiger partial charge < -0.3 is 19.7 Å². The minimum Gasteiger partial charge on any atom is -0.466 e. The van der Waals surface area contributed by atoms with Crippen LogP contribution in [0.3, 0.4) is 0 Å². The van der Waals surface area contributed by atoms with Crippen molar-refractivity contribution in [1.82, 2.24) is 5.32 Å². The molecular weight excluding hydrogens is 558 g/mol. The highest BCUT2D eigenvalue weighted by atomic mass is 35.5. The fourth-order valence-corrected chi connectivity index (χ4v) is 4.54. The molecule has 220 valence electrons. The summed E-state index contributed by atoms with van der Waals surface area (Å²) in [6, 6.07) is 12.4. The molecular formula is C30H39Cl2FN2O5. The van der Waals surface area contributed by atoms with Crippen molar-refractivity contribution in [3.05, 3.63) is 65.5 Å². The Kier molecular flexibility index (Phi) is 13.7. The average molecular weight is 598 g/mol. The van der Waals surface area contributed by atoms with Gasteiger partial charge in [-0.25, -0.2) is 9.18 Å². The van der Waals surface area contributed by atoms with Crippen molar-refractivity contribution < 1.29 is 28.2 Å². The van der Waals surface area contributed by atoms with Crippen LogP contribution in [0.25, 0.3) is 0 Å². The number of halogens is 3. The molecule has 0 aliphatic heterocycles. The maximum atomic E-state index is 13.6. The summed E-state index contributed by atoms with van der Waals surface area (Å²) in [6.07, 6.45) is -0.525. The van der Waals surface area contributed by atoms with E-state index in [4.69, 9.17) is 32.7 Å². The zero-order chi connectivity index (χ0) is 29.7. The highest BCUT2D eigenvalue weighted by Crippen LogP contribution is 2.20. The van der Waals surface area contributed by atoms with Crippen LogP contribution >= 0.6 is 23.2 Å². The Morgan fingerprint density at radius 3 is 2.00 bits per heavy atom. The number of nitrogens with zero attached hydrogens (tertiary/aromatic N) is 1. The molecule has 2 aromatic rings. The summed E-state index contributed by atoms with van der Waals surface area (Å²) in [5, 5.41) is 2.69. The van der Waals surface area contributed by atoms with E-state index in [1.54, 1.807) is 39.8 Å². The van der Waals surface area contributed by atoms with Crippen LogP contribution < -0.4 is 10.2 Å². The van der Waals surface area contributed by atoms with Crippen LogP contribution in [0.5, 0.6) is 0 Å². The molecule has 2 aromatic carbocycles. The van der Waals surface area contributed by atoms with Crippen LogP contribution in [-0.4, -0.2) is 60.9 Å². The maximum Gasteiger partial charge on any atom is 0.408 e. The topological polar surface area (TPSA) is 84.9 Å². The second-order valence-electron chi connectivity index (χ2n) is 10.4. The molecule has 0 spiro atoms. The van der Waals surface area contributed by atoms with E-state index in [9.17, 15) is 18.8 Å². The van der Waals surface area contributed by atoms with Crippen LogP contribution in [0.4, 0.5) is 14.9 Å². The Balaban J connectivity index is 2.27. The molecule has 10 heteroatoms. The number of alkyl carbamates (subject to hydrolysis) is 1. The molecule has 0 fully saturated rings. The highest BCUT2D eigenvalue weighted by Gasteiger charge is 2.30. The van der Waals surface area contributed by atoms with Gasteiger partial charge >= 0.3 is 12.1 Å². The van der Waals surface area contributed by atoms with E-state index in [0.717, 1.165) is 11.3 Å². The van der Waals surface area contributed by atoms with Crippen LogP contribution in [0.1, 0.15) is 45.2 Å². The van der Waals surface area contributed by atoms with Crippen LogP contribution in [0.15, 0.2) is 48.5 Å². The van der Waals surface area contributed by atoms with Gasteiger partial charge in [0, 0.05) is 37.0 Å². The van der Waals surface area contributed by atoms with E-state index >= 15 is 0 Å². The number of ketones is 1. The number of benzene rings is 2. The number of hydrogen-bond donors (Lipinski definition) is 1. The number of esters is 1. The third-order valence-electron chi connectivity index (χ3n) is 5.99. The van der Waals surface area contributed by atoms with E-state index in [1.165, 1.54) is 12.1 Å². The molecule has 2 atom stereocenters. The fourth-order valence-electron chi connectivity index (χ4n) is 4.14. The second kappa shape index (κ2) is 16.4. The lowest BCUT2D eigenvalue weighted by atomic mass is 9.90. The molecule has 1 N–H and O–H groups in total. The zero-order valence-electron chi connectivity index (χ0n) is 23.6. The van der Waals surface area contributed by atoms with Gasteiger partial charge in [0.15, 0.2) is 5.78 Å². The minimum absolute atomic E-state index is 0.156. The molecule has 1 unspecified atom stereocenters. The van der Waals surface area contributed by atoms with Crippen molar-refractivity contribution in [3.8, 4) is 0 Å². The molecule has 0 radical (unpaired) electrons. The van der Waals surface area contributed by atoms with E-state index < -0.39 is 35.4 Å². The van der Waals surface area contributed by atoms with Gasteiger partial charge in [-0.1, -0.05) is 24.3 Å². The Hall–Kier alpha value is -2.84. The molecule has 40 heavy (non-hydrogen) atoms. The smallest absolute Gasteiger partial charge is 0.408 e. The van der Waals surface area contributed by atoms with Crippen LogP contribution in [0, 0.1) is 11.7 Å². The standard InChI is InChI=1S/C30H39Cl2FN2O5/c1-5-39-28(37)23(18-21-6-10-24(33)11-7-21)20-27(36)26(34-29(38)40-30(2,3)4)19-22-8-12-25(13-9-22)35(16-14-31)17-15-32/h6-13,23,26H,5,14-20H2,1-4H3,(H,34,38)/t23?,26-/m0/s1. The number of ether oxygens (including phenoxy) is 2. The molecule has 0 saturated carbocycles. The van der Waals surface area contributed by atoms with Gasteiger partial charge in [0.25, 0.3) is 0 Å². The van der Waals surface area contributed by atoms with Crippen molar-refractivity contribution in [1.29, 1.82) is 0 Å². The molecule has 7 nitrogen and oxygen atoms in total. The molecule has 0 saturated heterocycles. The minimum atomic E-state index is -0.951. The Morgan fingerprint density at radius 1 is 0.925 bits per heavy atom. The molecule has 0 aliphatic carbocycles. The third kappa shape index (κ3) is 11.7. The lowest BCUT2D eigenvalue weighted by molar-refractivity contribution is -0.149. The summed E-state index contributed by atoms with van der Waals surface area (Å²) in [4.78, 5) is 41.1. The maximum absolute atomic E-state index is 13.6. The Bertz CT molecular complexity index is 1080. The van der Waals surface area contributed by atoms with Crippen molar-refractivity contribution >= 4 is 46.7 Å². The predicted octanol–water partition coefficient (Wildman–Crippen LogP) is 5.93. The van der Waals surface area contributed by atoms with Gasteiger partial charge in [-0.2, -0.15) is 0 Å². The van der Waals surface area contributed by atoms with E-state index in [-0.39, 0.29) is 31.7 Å². The zero-order valence-corrected chi connectivity index (χ0v) is 25.1. The molecule has 0 aromatic heterocycles. The monoisotopic (exact) mass is 596 g/mol. The van der Waals surface area contributed by atoms with Gasteiger partial charge in [-0.15, -0.1) is 23.2 Å². The first-order valence-corrected chi connectivity index (χ1v) is 14.4. The molecule has 1 amide bonds. The number of hydrogen-bond acceptors (Lipinski definition) is 6. The highest BCUT2D eigenvalue weighted by molar-refractivity contribution is 6.18. The fraction of sp³-hybridized carbons (Fsp3) is 0.500. The Labute approximate surface area is 246 Å². The number of anilines is 1. The summed E-state index contributed by atoms with van der Waals surface area (Å²) in [6.45, 7) is 8.31. The molecule has 0 heterocycles. The SMILES string of the molecule is CCOC(=O)C(CC(=O)[C@H](Cc1ccc(N(CCCl)CCCl)cc1)NC(=O)OC(C)(C)C)Cc1ccc(F)cc1. The van der Waals surface area contributed by atoms with Gasteiger partial charge in [0.1, 0.15) is 11.4 Å². The summed E-state index contributed by atoms with van der Waals surface area (Å²) < 4.78 is 24.0. The Morgan fingerprint density at radius 2 is 1.48 bits per heavy atom. The largest absolute Gasteiger partial charge is 0.466 e. The van der Waals surface area contributed by atoms with Crippen LogP contribution in [-0.2, 0) is 31.9 Å². The van der Waals surface area contributed by atoms with Crippen molar-refractivity contribution in [2.24, 2.45) is 5.92 Å². The number of carbonyl (C=O) groups excluding carboxylic acids is 3. The number of nitrogens with one attached hydrogen (secondary N) is 1. The summed E-state index contributed by atoms with van der Waals surface area (Å²) >= 11 is 11.9.